The lowest BCUT2D eigenvalue weighted by Gasteiger charge is -2.13. The molecule has 18 heavy (non-hydrogen) atoms. The van der Waals surface area contributed by atoms with E-state index in [0.717, 1.165) is 19.3 Å². The standard InChI is InChI=1S/C12H20N2O4/c1-3-18-11(16)7-5-4-6-8-14-10(15)9-13(2)12(14)17/h3-9H2,1-2H3. The van der Waals surface area contributed by atoms with Gasteiger partial charge in [0.05, 0.1) is 6.61 Å². The van der Waals surface area contributed by atoms with E-state index in [9.17, 15) is 14.4 Å². The van der Waals surface area contributed by atoms with Gasteiger partial charge in [-0.3, -0.25) is 14.5 Å². The zero-order valence-corrected chi connectivity index (χ0v) is 11.0. The van der Waals surface area contributed by atoms with Crippen molar-refractivity contribution < 1.29 is 19.1 Å². The Kier molecular flexibility index (Phi) is 5.61. The van der Waals surface area contributed by atoms with Crippen LogP contribution in [-0.2, 0) is 14.3 Å². The van der Waals surface area contributed by atoms with Crippen LogP contribution in [0.1, 0.15) is 32.6 Å². The van der Waals surface area contributed by atoms with E-state index >= 15 is 0 Å². The first-order chi connectivity index (χ1) is 8.56. The number of hydrogen-bond acceptors (Lipinski definition) is 4. The first-order valence-corrected chi connectivity index (χ1v) is 6.27. The fourth-order valence-corrected chi connectivity index (χ4v) is 1.84. The van der Waals surface area contributed by atoms with Crippen LogP contribution >= 0.6 is 0 Å². The molecule has 0 N–H and O–H groups in total. The lowest BCUT2D eigenvalue weighted by Crippen LogP contribution is -2.32. The molecule has 1 aliphatic heterocycles. The van der Waals surface area contributed by atoms with Crippen molar-refractivity contribution in [2.24, 2.45) is 0 Å². The first-order valence-electron chi connectivity index (χ1n) is 6.27. The van der Waals surface area contributed by atoms with Gasteiger partial charge in [-0.05, 0) is 19.8 Å². The van der Waals surface area contributed by atoms with Crippen LogP contribution in [0.2, 0.25) is 0 Å². The summed E-state index contributed by atoms with van der Waals surface area (Å²) >= 11 is 0. The third-order valence-electron chi connectivity index (χ3n) is 2.80. The molecule has 1 rings (SSSR count). The zero-order valence-electron chi connectivity index (χ0n) is 11.0. The first kappa shape index (κ1) is 14.5. The number of hydrogen-bond donors (Lipinski definition) is 0. The number of unbranched alkanes of at least 4 members (excludes halogenated alkanes) is 2. The number of nitrogens with zero attached hydrogens (tertiary/aromatic N) is 2. The third kappa shape index (κ3) is 4.01. The van der Waals surface area contributed by atoms with E-state index in [4.69, 9.17) is 4.74 Å². The van der Waals surface area contributed by atoms with E-state index < -0.39 is 0 Å². The van der Waals surface area contributed by atoms with Gasteiger partial charge in [-0.25, -0.2) is 4.79 Å². The summed E-state index contributed by atoms with van der Waals surface area (Å²) in [6.07, 6.45) is 2.66. The molecule has 0 aromatic carbocycles. The van der Waals surface area contributed by atoms with Crippen molar-refractivity contribution in [1.82, 2.24) is 9.80 Å². The van der Waals surface area contributed by atoms with Gasteiger partial charge in [0.1, 0.15) is 6.54 Å². The number of carbonyl (C=O) groups excluding carboxylic acids is 3. The minimum Gasteiger partial charge on any atom is -0.466 e. The van der Waals surface area contributed by atoms with Gasteiger partial charge in [-0.15, -0.1) is 0 Å². The van der Waals surface area contributed by atoms with Gasteiger partial charge in [-0.2, -0.15) is 0 Å². The molecule has 6 heteroatoms. The largest absolute Gasteiger partial charge is 0.466 e. The summed E-state index contributed by atoms with van der Waals surface area (Å²) < 4.78 is 4.81. The van der Waals surface area contributed by atoms with Crippen LogP contribution < -0.4 is 0 Å². The summed E-state index contributed by atoms with van der Waals surface area (Å²) in [5, 5.41) is 0. The minimum atomic E-state index is -0.231. The topological polar surface area (TPSA) is 66.9 Å². The van der Waals surface area contributed by atoms with Crippen LogP contribution in [0.15, 0.2) is 0 Å². The number of likely N-dealkylation sites (N-methyl/N-ethyl adjacent to an activating group) is 1. The predicted octanol–water partition coefficient (Wildman–Crippen LogP) is 1.00. The lowest BCUT2D eigenvalue weighted by molar-refractivity contribution is -0.143. The number of carbonyl (C=O) groups is 3. The summed E-state index contributed by atoms with van der Waals surface area (Å²) in [6, 6.07) is -0.231. The van der Waals surface area contributed by atoms with Gasteiger partial charge >= 0.3 is 12.0 Å². The number of esters is 1. The average Bonchev–Trinajstić information content (AvgIpc) is 2.55. The van der Waals surface area contributed by atoms with E-state index in [1.54, 1.807) is 14.0 Å². The molecule has 1 heterocycles. The molecule has 0 spiro atoms. The molecule has 6 nitrogen and oxygen atoms in total. The molecule has 0 radical (unpaired) electrons. The van der Waals surface area contributed by atoms with Crippen molar-refractivity contribution in [3.8, 4) is 0 Å². The van der Waals surface area contributed by atoms with Gasteiger partial charge in [0.2, 0.25) is 5.91 Å². The molecule has 0 aromatic heterocycles. The highest BCUT2D eigenvalue weighted by atomic mass is 16.5. The fourth-order valence-electron chi connectivity index (χ4n) is 1.84. The van der Waals surface area contributed by atoms with Crippen LogP contribution in [-0.4, -0.2) is 54.5 Å². The number of urea groups is 1. The highest BCUT2D eigenvalue weighted by molar-refractivity contribution is 6.01. The second-order valence-electron chi connectivity index (χ2n) is 4.30. The molecular weight excluding hydrogens is 236 g/mol. The molecule has 3 amide bonds. The van der Waals surface area contributed by atoms with Crippen LogP contribution in [0.4, 0.5) is 4.79 Å². The van der Waals surface area contributed by atoms with Crippen molar-refractivity contribution in [2.75, 3.05) is 26.7 Å². The maximum Gasteiger partial charge on any atom is 0.326 e. The summed E-state index contributed by atoms with van der Waals surface area (Å²) in [6.45, 7) is 2.79. The Morgan fingerprint density at radius 1 is 1.28 bits per heavy atom. The molecule has 0 atom stereocenters. The number of ether oxygens (including phenoxy) is 1. The van der Waals surface area contributed by atoms with Crippen LogP contribution in [0.3, 0.4) is 0 Å². The van der Waals surface area contributed by atoms with Crippen molar-refractivity contribution in [2.45, 2.75) is 32.6 Å². The summed E-state index contributed by atoms with van der Waals surface area (Å²) in [5.41, 5.74) is 0. The average molecular weight is 256 g/mol. The predicted molar refractivity (Wildman–Crippen MR) is 64.8 cm³/mol. The van der Waals surface area contributed by atoms with Gasteiger partial charge in [0, 0.05) is 20.0 Å². The Balaban J connectivity index is 2.13. The fraction of sp³-hybridized carbons (Fsp3) is 0.750. The Morgan fingerprint density at radius 3 is 2.56 bits per heavy atom. The minimum absolute atomic E-state index is 0.145. The second kappa shape index (κ2) is 6.98. The summed E-state index contributed by atoms with van der Waals surface area (Å²) in [4.78, 5) is 36.7. The number of rotatable bonds is 7. The number of amides is 3. The molecule has 102 valence electrons. The Hall–Kier alpha value is -1.59. The van der Waals surface area contributed by atoms with Crippen LogP contribution in [0.5, 0.6) is 0 Å². The maximum atomic E-state index is 11.5. The van der Waals surface area contributed by atoms with Gasteiger partial charge in [-0.1, -0.05) is 6.42 Å². The SMILES string of the molecule is CCOC(=O)CCCCCN1C(=O)CN(C)C1=O. The monoisotopic (exact) mass is 256 g/mol. The van der Waals surface area contributed by atoms with E-state index in [2.05, 4.69) is 0 Å². The van der Waals surface area contributed by atoms with Crippen molar-refractivity contribution in [3.63, 3.8) is 0 Å². The van der Waals surface area contributed by atoms with Crippen LogP contribution in [0, 0.1) is 0 Å². The molecule has 0 bridgehead atoms. The summed E-state index contributed by atoms with van der Waals surface area (Å²) in [5.74, 6) is -0.335. The van der Waals surface area contributed by atoms with E-state index in [0.29, 0.717) is 19.6 Å². The van der Waals surface area contributed by atoms with Gasteiger partial charge in [0.15, 0.2) is 0 Å². The molecule has 0 saturated carbocycles. The van der Waals surface area contributed by atoms with E-state index in [1.807, 2.05) is 0 Å². The second-order valence-corrected chi connectivity index (χ2v) is 4.30. The van der Waals surface area contributed by atoms with Gasteiger partial charge in [0.25, 0.3) is 0 Å². The molecule has 0 aliphatic carbocycles. The highest BCUT2D eigenvalue weighted by Crippen LogP contribution is 2.10. The Labute approximate surface area is 107 Å². The normalized spacial score (nSPS) is 15.4. The zero-order chi connectivity index (χ0) is 13.5. The van der Waals surface area contributed by atoms with Crippen molar-refractivity contribution >= 4 is 17.9 Å². The molecule has 1 fully saturated rings. The Bertz CT molecular complexity index is 330. The molecule has 0 aromatic rings. The molecule has 0 unspecified atom stereocenters. The third-order valence-corrected chi connectivity index (χ3v) is 2.80. The quantitative estimate of drug-likeness (QED) is 0.387. The molecule has 1 aliphatic rings. The van der Waals surface area contributed by atoms with E-state index in [1.165, 1.54) is 9.80 Å². The molecular formula is C12H20N2O4. The molecule has 1 saturated heterocycles. The van der Waals surface area contributed by atoms with Gasteiger partial charge < -0.3 is 9.64 Å². The Morgan fingerprint density at radius 2 is 2.00 bits per heavy atom. The smallest absolute Gasteiger partial charge is 0.326 e. The van der Waals surface area contributed by atoms with Crippen molar-refractivity contribution in [1.29, 1.82) is 0 Å². The van der Waals surface area contributed by atoms with Crippen molar-refractivity contribution in [3.05, 3.63) is 0 Å². The lowest BCUT2D eigenvalue weighted by atomic mass is 10.2. The maximum absolute atomic E-state index is 11.5. The number of imide groups is 1. The summed E-state index contributed by atoms with van der Waals surface area (Å²) in [7, 11) is 1.61. The highest BCUT2D eigenvalue weighted by Gasteiger charge is 2.32. The van der Waals surface area contributed by atoms with Crippen LogP contribution in [0.25, 0.3) is 0 Å². The van der Waals surface area contributed by atoms with E-state index in [-0.39, 0.29) is 24.5 Å².